The highest BCUT2D eigenvalue weighted by molar-refractivity contribution is 7.89. The van der Waals surface area contributed by atoms with E-state index >= 15 is 0 Å². The molecule has 1 fully saturated rings. The van der Waals surface area contributed by atoms with Gasteiger partial charge in [-0.15, -0.1) is 0 Å². The summed E-state index contributed by atoms with van der Waals surface area (Å²) in [5.41, 5.74) is 1.96. The fourth-order valence-electron chi connectivity index (χ4n) is 3.44. The van der Waals surface area contributed by atoms with Crippen molar-refractivity contribution in [1.82, 2.24) is 14.4 Å². The molecule has 1 aromatic heterocycles. The number of hydrogen-bond acceptors (Lipinski definition) is 5. The molecule has 0 radical (unpaired) electrons. The van der Waals surface area contributed by atoms with E-state index < -0.39 is 15.8 Å². The Kier molecular flexibility index (Phi) is 5.42. The Morgan fingerprint density at radius 1 is 1.17 bits per heavy atom. The smallest absolute Gasteiger partial charge is 0.257 e. The highest BCUT2D eigenvalue weighted by Crippen LogP contribution is 2.31. The van der Waals surface area contributed by atoms with Crippen molar-refractivity contribution in [2.75, 3.05) is 13.1 Å². The van der Waals surface area contributed by atoms with Crippen molar-refractivity contribution in [1.29, 1.82) is 0 Å². The summed E-state index contributed by atoms with van der Waals surface area (Å²) in [5.74, 6) is 0.412. The van der Waals surface area contributed by atoms with E-state index in [9.17, 15) is 12.8 Å². The van der Waals surface area contributed by atoms with Gasteiger partial charge in [-0.3, -0.25) is 0 Å². The van der Waals surface area contributed by atoms with E-state index in [0.717, 1.165) is 23.3 Å². The first kappa shape index (κ1) is 20.0. The van der Waals surface area contributed by atoms with Crippen LogP contribution in [0.1, 0.15) is 30.1 Å². The first-order chi connectivity index (χ1) is 13.8. The van der Waals surface area contributed by atoms with Gasteiger partial charge in [0.05, 0.1) is 9.92 Å². The normalized spacial score (nSPS) is 16.2. The maximum atomic E-state index is 13.4. The number of aryl methyl sites for hydroxylation is 1. The summed E-state index contributed by atoms with van der Waals surface area (Å²) in [5, 5.41) is 3.89. The minimum absolute atomic E-state index is 0.0105. The molecule has 2 heterocycles. The van der Waals surface area contributed by atoms with Gasteiger partial charge in [-0.2, -0.15) is 9.29 Å². The second-order valence-electron chi connectivity index (χ2n) is 7.08. The minimum atomic E-state index is -3.73. The maximum absolute atomic E-state index is 13.4. The summed E-state index contributed by atoms with van der Waals surface area (Å²) < 4.78 is 45.8. The highest BCUT2D eigenvalue weighted by Gasteiger charge is 2.32. The average Bonchev–Trinajstić information content (AvgIpc) is 3.20. The zero-order valence-electron chi connectivity index (χ0n) is 15.7. The van der Waals surface area contributed by atoms with Gasteiger partial charge in [0, 0.05) is 24.6 Å². The van der Waals surface area contributed by atoms with Crippen molar-refractivity contribution in [3.05, 3.63) is 64.7 Å². The molecule has 4 rings (SSSR count). The van der Waals surface area contributed by atoms with Crippen LogP contribution in [-0.2, 0) is 10.0 Å². The number of piperidine rings is 1. The molecule has 0 aliphatic carbocycles. The van der Waals surface area contributed by atoms with Crippen LogP contribution in [-0.4, -0.2) is 36.0 Å². The van der Waals surface area contributed by atoms with Crippen LogP contribution in [0.2, 0.25) is 5.02 Å². The standard InChI is InChI=1S/C20H19ClFN3O3S/c1-13-3-2-4-15(11-13)20-23-19(24-28-20)14-7-9-25(10-8-14)29(26,27)16-5-6-18(22)17(21)12-16/h2-6,11-12,14H,7-10H2,1H3. The number of benzene rings is 2. The number of hydrogen-bond donors (Lipinski definition) is 0. The van der Waals surface area contributed by atoms with Crippen LogP contribution in [0.15, 0.2) is 51.9 Å². The molecule has 9 heteroatoms. The van der Waals surface area contributed by atoms with E-state index in [1.807, 2.05) is 31.2 Å². The molecular formula is C20H19ClFN3O3S. The zero-order valence-corrected chi connectivity index (χ0v) is 17.3. The Morgan fingerprint density at radius 3 is 2.62 bits per heavy atom. The van der Waals surface area contributed by atoms with E-state index in [-0.39, 0.29) is 15.8 Å². The fraction of sp³-hybridized carbons (Fsp3) is 0.300. The Hall–Kier alpha value is -2.29. The van der Waals surface area contributed by atoms with E-state index in [0.29, 0.717) is 37.6 Å². The van der Waals surface area contributed by atoms with Gasteiger partial charge in [0.25, 0.3) is 5.89 Å². The summed E-state index contributed by atoms with van der Waals surface area (Å²) in [7, 11) is -3.73. The second kappa shape index (κ2) is 7.85. The lowest BCUT2D eigenvalue weighted by molar-refractivity contribution is 0.307. The Balaban J connectivity index is 1.46. The van der Waals surface area contributed by atoms with Gasteiger partial charge in [0.15, 0.2) is 5.82 Å². The first-order valence-corrected chi connectivity index (χ1v) is 11.0. The Bertz CT molecular complexity index is 1140. The zero-order chi connectivity index (χ0) is 20.6. The number of aromatic nitrogens is 2. The topological polar surface area (TPSA) is 76.3 Å². The predicted octanol–water partition coefficient (Wildman–Crippen LogP) is 4.41. The van der Waals surface area contributed by atoms with Crippen LogP contribution in [0.25, 0.3) is 11.5 Å². The molecule has 3 aromatic rings. The molecule has 0 N–H and O–H groups in total. The van der Waals surface area contributed by atoms with Gasteiger partial charge >= 0.3 is 0 Å². The molecule has 0 saturated carbocycles. The molecule has 0 spiro atoms. The van der Waals surface area contributed by atoms with Crippen LogP contribution in [0.3, 0.4) is 0 Å². The van der Waals surface area contributed by atoms with Crippen molar-refractivity contribution >= 4 is 21.6 Å². The number of sulfonamides is 1. The first-order valence-electron chi connectivity index (χ1n) is 9.20. The lowest BCUT2D eigenvalue weighted by Crippen LogP contribution is -2.38. The number of halogens is 2. The summed E-state index contributed by atoms with van der Waals surface area (Å²) in [4.78, 5) is 4.50. The van der Waals surface area contributed by atoms with Gasteiger partial charge in [-0.05, 0) is 50.1 Å². The fourth-order valence-corrected chi connectivity index (χ4v) is 5.18. The third-order valence-corrected chi connectivity index (χ3v) is 7.24. The quantitative estimate of drug-likeness (QED) is 0.606. The van der Waals surface area contributed by atoms with E-state index in [4.69, 9.17) is 16.1 Å². The lowest BCUT2D eigenvalue weighted by Gasteiger charge is -2.29. The van der Waals surface area contributed by atoms with Crippen LogP contribution >= 0.6 is 11.6 Å². The largest absolute Gasteiger partial charge is 0.334 e. The van der Waals surface area contributed by atoms with Crippen molar-refractivity contribution in [3.8, 4) is 11.5 Å². The van der Waals surface area contributed by atoms with Crippen molar-refractivity contribution < 1.29 is 17.3 Å². The minimum Gasteiger partial charge on any atom is -0.334 e. The predicted molar refractivity (Wildman–Crippen MR) is 107 cm³/mol. The molecule has 0 amide bonds. The molecule has 0 unspecified atom stereocenters. The van der Waals surface area contributed by atoms with Gasteiger partial charge in [0.1, 0.15) is 5.82 Å². The van der Waals surface area contributed by atoms with Crippen molar-refractivity contribution in [2.45, 2.75) is 30.6 Å². The average molecular weight is 436 g/mol. The molecule has 29 heavy (non-hydrogen) atoms. The lowest BCUT2D eigenvalue weighted by atomic mass is 9.97. The van der Waals surface area contributed by atoms with Crippen LogP contribution in [0, 0.1) is 12.7 Å². The van der Waals surface area contributed by atoms with E-state index in [1.165, 1.54) is 10.4 Å². The summed E-state index contributed by atoms with van der Waals surface area (Å²) in [6.07, 6.45) is 1.14. The Labute approximate surface area is 173 Å². The monoisotopic (exact) mass is 435 g/mol. The highest BCUT2D eigenvalue weighted by atomic mass is 35.5. The van der Waals surface area contributed by atoms with Crippen LogP contribution < -0.4 is 0 Å². The third kappa shape index (κ3) is 4.05. The SMILES string of the molecule is Cc1cccc(-c2nc(C3CCN(S(=O)(=O)c4ccc(F)c(Cl)c4)CC3)no2)c1. The molecular weight excluding hydrogens is 417 g/mol. The maximum Gasteiger partial charge on any atom is 0.257 e. The summed E-state index contributed by atoms with van der Waals surface area (Å²) >= 11 is 5.74. The van der Waals surface area contributed by atoms with E-state index in [2.05, 4.69) is 10.1 Å². The van der Waals surface area contributed by atoms with Gasteiger partial charge in [-0.25, -0.2) is 12.8 Å². The van der Waals surface area contributed by atoms with Gasteiger partial charge in [0.2, 0.25) is 10.0 Å². The molecule has 0 bridgehead atoms. The van der Waals surface area contributed by atoms with Crippen molar-refractivity contribution in [2.24, 2.45) is 0 Å². The number of nitrogens with zero attached hydrogens (tertiary/aromatic N) is 3. The van der Waals surface area contributed by atoms with E-state index in [1.54, 1.807) is 0 Å². The van der Waals surface area contributed by atoms with Crippen LogP contribution in [0.5, 0.6) is 0 Å². The molecule has 2 aromatic carbocycles. The third-order valence-electron chi connectivity index (χ3n) is 5.05. The molecule has 1 aliphatic heterocycles. The van der Waals surface area contributed by atoms with Gasteiger partial charge < -0.3 is 4.52 Å². The Morgan fingerprint density at radius 2 is 1.93 bits per heavy atom. The van der Waals surface area contributed by atoms with Gasteiger partial charge in [-0.1, -0.05) is 34.5 Å². The molecule has 1 saturated heterocycles. The molecule has 0 atom stereocenters. The molecule has 1 aliphatic rings. The second-order valence-corrected chi connectivity index (χ2v) is 9.43. The van der Waals surface area contributed by atoms with Crippen molar-refractivity contribution in [3.63, 3.8) is 0 Å². The number of rotatable bonds is 4. The van der Waals surface area contributed by atoms with Crippen LogP contribution in [0.4, 0.5) is 4.39 Å². The summed E-state index contributed by atoms with van der Waals surface area (Å²) in [6.45, 7) is 2.62. The summed E-state index contributed by atoms with van der Waals surface area (Å²) in [6, 6.07) is 11.2. The molecule has 152 valence electrons. The molecule has 6 nitrogen and oxygen atoms in total.